The minimum atomic E-state index is -0.552. The first-order chi connectivity index (χ1) is 9.75. The van der Waals surface area contributed by atoms with Crippen molar-refractivity contribution < 1.29 is 9.18 Å². The van der Waals surface area contributed by atoms with Crippen molar-refractivity contribution in [2.45, 2.75) is 46.1 Å². The lowest BCUT2D eigenvalue weighted by molar-refractivity contribution is 0.0825. The van der Waals surface area contributed by atoms with Gasteiger partial charge in [0, 0.05) is 6.04 Å². The molecule has 5 heteroatoms. The molecule has 1 amide bonds. The number of rotatable bonds is 2. The molecule has 0 aromatic carbocycles. The molecule has 2 fully saturated rings. The third-order valence-electron chi connectivity index (χ3n) is 6.15. The van der Waals surface area contributed by atoms with Crippen molar-refractivity contribution in [1.29, 1.82) is 0 Å². The Kier molecular flexibility index (Phi) is 3.28. The van der Waals surface area contributed by atoms with Crippen LogP contribution in [0.15, 0.2) is 12.3 Å². The molecule has 0 aliphatic heterocycles. The Bertz CT molecular complexity index is 604. The predicted octanol–water partition coefficient (Wildman–Crippen LogP) is 3.82. The average Bonchev–Trinajstić information content (AvgIpc) is 2.74. The van der Waals surface area contributed by atoms with E-state index in [1.165, 1.54) is 6.42 Å². The normalized spacial score (nSPS) is 33.2. The molecule has 0 saturated heterocycles. The molecule has 21 heavy (non-hydrogen) atoms. The highest BCUT2D eigenvalue weighted by atomic mass is 35.5. The molecular weight excluding hydrogens is 291 g/mol. The van der Waals surface area contributed by atoms with Gasteiger partial charge in [0.05, 0.1) is 11.8 Å². The molecule has 0 radical (unpaired) electrons. The lowest BCUT2D eigenvalue weighted by Crippen LogP contribution is -2.47. The number of carbonyl (C=O) groups excluding carboxylic acids is 1. The summed E-state index contributed by atoms with van der Waals surface area (Å²) in [6.45, 7) is 6.82. The molecule has 2 aliphatic rings. The molecular formula is C16H20ClFN2O. The zero-order valence-corrected chi connectivity index (χ0v) is 13.3. The summed E-state index contributed by atoms with van der Waals surface area (Å²) in [4.78, 5) is 16.1. The van der Waals surface area contributed by atoms with Gasteiger partial charge in [-0.05, 0) is 42.1 Å². The topological polar surface area (TPSA) is 42.0 Å². The van der Waals surface area contributed by atoms with E-state index in [-0.39, 0.29) is 33.5 Å². The van der Waals surface area contributed by atoms with E-state index in [9.17, 15) is 9.18 Å². The first-order valence-electron chi connectivity index (χ1n) is 7.37. The van der Waals surface area contributed by atoms with E-state index >= 15 is 0 Å². The van der Waals surface area contributed by atoms with E-state index in [1.54, 1.807) is 0 Å². The quantitative estimate of drug-likeness (QED) is 0.844. The second-order valence-electron chi connectivity index (χ2n) is 7.13. The zero-order valence-electron chi connectivity index (χ0n) is 12.5. The number of fused-ring (bicyclic) bond motifs is 2. The van der Waals surface area contributed by atoms with Gasteiger partial charge in [-0.1, -0.05) is 32.4 Å². The Morgan fingerprint density at radius 3 is 2.76 bits per heavy atom. The van der Waals surface area contributed by atoms with Gasteiger partial charge in [-0.2, -0.15) is 0 Å². The maximum absolute atomic E-state index is 13.3. The van der Waals surface area contributed by atoms with Crippen LogP contribution in [-0.2, 0) is 0 Å². The van der Waals surface area contributed by atoms with Crippen LogP contribution in [0.1, 0.15) is 50.4 Å². The smallest absolute Gasteiger partial charge is 0.254 e. The largest absolute Gasteiger partial charge is 0.349 e. The summed E-state index contributed by atoms with van der Waals surface area (Å²) < 4.78 is 13.3. The number of amides is 1. The van der Waals surface area contributed by atoms with Gasteiger partial charge in [-0.15, -0.1) is 0 Å². The van der Waals surface area contributed by atoms with Crippen molar-refractivity contribution >= 4 is 17.5 Å². The molecule has 114 valence electrons. The van der Waals surface area contributed by atoms with Crippen LogP contribution in [0.2, 0.25) is 5.15 Å². The van der Waals surface area contributed by atoms with Gasteiger partial charge in [-0.25, -0.2) is 9.37 Å². The fourth-order valence-corrected chi connectivity index (χ4v) is 4.43. The standard InChI is InChI=1S/C16H20ClFN2O/c1-15(2)9-4-5-16(15,3)12(6-9)20-14(21)11-7-10(18)8-19-13(11)17/h7-9,12H,4-6H2,1-3H3,(H,20,21). The maximum atomic E-state index is 13.3. The Morgan fingerprint density at radius 2 is 2.19 bits per heavy atom. The van der Waals surface area contributed by atoms with Gasteiger partial charge in [-0.3, -0.25) is 4.79 Å². The zero-order chi connectivity index (χ0) is 15.4. The van der Waals surface area contributed by atoms with Crippen LogP contribution in [0.4, 0.5) is 4.39 Å². The highest BCUT2D eigenvalue weighted by molar-refractivity contribution is 6.32. The number of hydrogen-bond acceptors (Lipinski definition) is 2. The molecule has 2 saturated carbocycles. The molecule has 2 aliphatic carbocycles. The average molecular weight is 311 g/mol. The van der Waals surface area contributed by atoms with Crippen LogP contribution < -0.4 is 5.32 Å². The van der Waals surface area contributed by atoms with E-state index < -0.39 is 5.82 Å². The Balaban J connectivity index is 1.82. The predicted molar refractivity (Wildman–Crippen MR) is 79.7 cm³/mol. The molecule has 3 nitrogen and oxygen atoms in total. The monoisotopic (exact) mass is 310 g/mol. The van der Waals surface area contributed by atoms with Gasteiger partial charge in [0.25, 0.3) is 5.91 Å². The van der Waals surface area contributed by atoms with Gasteiger partial charge in [0.15, 0.2) is 0 Å². The summed E-state index contributed by atoms with van der Waals surface area (Å²) in [5, 5.41) is 3.10. The number of nitrogens with one attached hydrogen (secondary N) is 1. The van der Waals surface area contributed by atoms with Crippen LogP contribution >= 0.6 is 11.6 Å². The SMILES string of the molecule is CC1(C)C2CCC1(C)C(NC(=O)c1cc(F)cnc1Cl)C2. The summed E-state index contributed by atoms with van der Waals surface area (Å²) in [5.74, 6) is -0.250. The van der Waals surface area contributed by atoms with Crippen molar-refractivity contribution in [3.8, 4) is 0 Å². The molecule has 0 spiro atoms. The number of nitrogens with zero attached hydrogens (tertiary/aromatic N) is 1. The Morgan fingerprint density at radius 1 is 1.48 bits per heavy atom. The molecule has 1 aromatic rings. The third kappa shape index (κ3) is 2.07. The molecule has 3 rings (SSSR count). The van der Waals surface area contributed by atoms with Gasteiger partial charge >= 0.3 is 0 Å². The number of pyridine rings is 1. The van der Waals surface area contributed by atoms with Crippen LogP contribution in [0.5, 0.6) is 0 Å². The molecule has 1 heterocycles. The minimum Gasteiger partial charge on any atom is -0.349 e. The minimum absolute atomic E-state index is 0.0430. The summed E-state index contributed by atoms with van der Waals surface area (Å²) in [7, 11) is 0. The second-order valence-corrected chi connectivity index (χ2v) is 7.49. The molecule has 1 aromatic heterocycles. The van der Waals surface area contributed by atoms with Gasteiger partial charge in [0.2, 0.25) is 0 Å². The lowest BCUT2D eigenvalue weighted by Gasteiger charge is -2.39. The third-order valence-corrected chi connectivity index (χ3v) is 6.45. The van der Waals surface area contributed by atoms with Crippen LogP contribution in [0.25, 0.3) is 0 Å². The highest BCUT2D eigenvalue weighted by Crippen LogP contribution is 2.65. The number of halogens is 2. The van der Waals surface area contributed by atoms with Gasteiger partial charge < -0.3 is 5.32 Å². The number of hydrogen-bond donors (Lipinski definition) is 1. The second kappa shape index (κ2) is 4.67. The summed E-state index contributed by atoms with van der Waals surface area (Å²) in [6, 6.07) is 1.25. The van der Waals surface area contributed by atoms with Crippen LogP contribution in [-0.4, -0.2) is 16.9 Å². The Labute approximate surface area is 129 Å². The number of carbonyl (C=O) groups is 1. The summed E-state index contributed by atoms with van der Waals surface area (Å²) in [6.07, 6.45) is 4.33. The van der Waals surface area contributed by atoms with E-state index in [1.807, 2.05) is 0 Å². The fourth-order valence-electron chi connectivity index (χ4n) is 4.24. The highest BCUT2D eigenvalue weighted by Gasteiger charge is 2.61. The molecule has 3 atom stereocenters. The van der Waals surface area contributed by atoms with Crippen molar-refractivity contribution in [2.75, 3.05) is 0 Å². The molecule has 3 unspecified atom stereocenters. The van der Waals surface area contributed by atoms with Gasteiger partial charge in [0.1, 0.15) is 11.0 Å². The van der Waals surface area contributed by atoms with Crippen molar-refractivity contribution in [3.05, 3.63) is 28.8 Å². The first-order valence-corrected chi connectivity index (χ1v) is 7.75. The van der Waals surface area contributed by atoms with E-state index in [0.29, 0.717) is 5.92 Å². The Hall–Kier alpha value is -1.16. The fraction of sp³-hybridized carbons (Fsp3) is 0.625. The first kappa shape index (κ1) is 14.8. The van der Waals surface area contributed by atoms with Crippen LogP contribution in [0, 0.1) is 22.6 Å². The molecule has 1 N–H and O–H groups in total. The van der Waals surface area contributed by atoms with Crippen molar-refractivity contribution in [2.24, 2.45) is 16.7 Å². The van der Waals surface area contributed by atoms with E-state index in [4.69, 9.17) is 11.6 Å². The van der Waals surface area contributed by atoms with Crippen molar-refractivity contribution in [1.82, 2.24) is 10.3 Å². The van der Waals surface area contributed by atoms with E-state index in [0.717, 1.165) is 25.1 Å². The maximum Gasteiger partial charge on any atom is 0.254 e. The summed E-state index contributed by atoms with van der Waals surface area (Å²) >= 11 is 5.91. The molecule has 2 bridgehead atoms. The van der Waals surface area contributed by atoms with Crippen molar-refractivity contribution in [3.63, 3.8) is 0 Å². The van der Waals surface area contributed by atoms with E-state index in [2.05, 4.69) is 31.1 Å². The number of aromatic nitrogens is 1. The van der Waals surface area contributed by atoms with Crippen LogP contribution in [0.3, 0.4) is 0 Å². The lowest BCUT2D eigenvalue weighted by atomic mass is 9.69. The summed E-state index contributed by atoms with van der Waals surface area (Å²) in [5.41, 5.74) is 0.413.